The van der Waals surface area contributed by atoms with E-state index in [0.717, 1.165) is 5.56 Å². The van der Waals surface area contributed by atoms with Crippen molar-refractivity contribution in [3.8, 4) is 0 Å². The number of nitrogens with one attached hydrogen (secondary N) is 1. The number of halogens is 1. The molecule has 0 bridgehead atoms. The molecule has 120 valence electrons. The number of pyridine rings is 1. The fourth-order valence-electron chi connectivity index (χ4n) is 2.12. The second-order valence-corrected chi connectivity index (χ2v) is 5.37. The normalized spacial score (nSPS) is 11.6. The summed E-state index contributed by atoms with van der Waals surface area (Å²) in [7, 11) is 1.33. The van der Waals surface area contributed by atoms with Crippen LogP contribution >= 0.6 is 11.6 Å². The van der Waals surface area contributed by atoms with Crippen molar-refractivity contribution in [3.63, 3.8) is 0 Å². The van der Waals surface area contributed by atoms with Crippen LogP contribution in [0.1, 0.15) is 17.2 Å². The fraction of sp³-hybridized carbons (Fsp3) is 0.235. The van der Waals surface area contributed by atoms with E-state index < -0.39 is 5.92 Å². The van der Waals surface area contributed by atoms with Gasteiger partial charge < -0.3 is 10.1 Å². The van der Waals surface area contributed by atoms with Gasteiger partial charge in [0.2, 0.25) is 5.91 Å². The van der Waals surface area contributed by atoms with Gasteiger partial charge in [0.15, 0.2) is 0 Å². The van der Waals surface area contributed by atoms with Crippen molar-refractivity contribution >= 4 is 23.5 Å². The molecule has 6 heteroatoms. The lowest BCUT2D eigenvalue weighted by Crippen LogP contribution is -2.33. The van der Waals surface area contributed by atoms with E-state index in [1.54, 1.807) is 12.1 Å². The van der Waals surface area contributed by atoms with Crippen LogP contribution in [0, 0.1) is 0 Å². The van der Waals surface area contributed by atoms with Crippen LogP contribution < -0.4 is 5.32 Å². The molecule has 0 fully saturated rings. The first-order valence-electron chi connectivity index (χ1n) is 7.10. The van der Waals surface area contributed by atoms with Crippen LogP contribution in [0.5, 0.6) is 0 Å². The Labute approximate surface area is 139 Å². The molecule has 0 unspecified atom stereocenters. The molecular weight excluding hydrogens is 316 g/mol. The number of hydrogen-bond acceptors (Lipinski definition) is 4. The van der Waals surface area contributed by atoms with Gasteiger partial charge in [0.1, 0.15) is 0 Å². The van der Waals surface area contributed by atoms with E-state index in [2.05, 4.69) is 10.3 Å². The molecule has 2 aromatic rings. The molecule has 0 radical (unpaired) electrons. The first-order chi connectivity index (χ1) is 11.1. The maximum Gasteiger partial charge on any atom is 0.314 e. The molecule has 1 atom stereocenters. The van der Waals surface area contributed by atoms with E-state index in [-0.39, 0.29) is 24.8 Å². The summed E-state index contributed by atoms with van der Waals surface area (Å²) in [5, 5.41) is 3.26. The Balaban J connectivity index is 1.96. The molecule has 0 spiro atoms. The summed E-state index contributed by atoms with van der Waals surface area (Å²) in [6, 6.07) is 12.6. The third kappa shape index (κ3) is 5.07. The number of aromatic nitrogens is 1. The minimum atomic E-state index is -0.539. The fourth-order valence-corrected chi connectivity index (χ4v) is 2.23. The first-order valence-corrected chi connectivity index (χ1v) is 7.48. The summed E-state index contributed by atoms with van der Waals surface area (Å²) in [4.78, 5) is 28.0. The Hall–Kier alpha value is -2.40. The number of methoxy groups -OCH3 is 1. The predicted octanol–water partition coefficient (Wildman–Crippen LogP) is 2.35. The van der Waals surface area contributed by atoms with Gasteiger partial charge in [-0.2, -0.15) is 0 Å². The zero-order valence-electron chi connectivity index (χ0n) is 12.7. The lowest BCUT2D eigenvalue weighted by molar-refractivity contribution is -0.142. The number of ether oxygens (including phenoxy) is 1. The van der Waals surface area contributed by atoms with Gasteiger partial charge in [0.05, 0.1) is 24.5 Å². The molecule has 0 saturated carbocycles. The van der Waals surface area contributed by atoms with Crippen molar-refractivity contribution in [1.82, 2.24) is 10.3 Å². The third-order valence-corrected chi connectivity index (χ3v) is 3.54. The average Bonchev–Trinajstić information content (AvgIpc) is 2.58. The van der Waals surface area contributed by atoms with Gasteiger partial charge in [-0.05, 0) is 17.7 Å². The highest BCUT2D eigenvalue weighted by Crippen LogP contribution is 2.16. The van der Waals surface area contributed by atoms with Gasteiger partial charge >= 0.3 is 5.97 Å². The Morgan fingerprint density at radius 3 is 2.57 bits per heavy atom. The number of esters is 1. The van der Waals surface area contributed by atoms with Crippen molar-refractivity contribution in [3.05, 3.63) is 64.9 Å². The molecule has 0 saturated heterocycles. The highest BCUT2D eigenvalue weighted by atomic mass is 35.5. The second kappa shape index (κ2) is 8.29. The topological polar surface area (TPSA) is 68.3 Å². The summed E-state index contributed by atoms with van der Waals surface area (Å²) in [6.45, 7) is 0.170. The summed E-state index contributed by atoms with van der Waals surface area (Å²) in [5.74, 6) is -1.14. The molecule has 23 heavy (non-hydrogen) atoms. The Morgan fingerprint density at radius 2 is 1.96 bits per heavy atom. The van der Waals surface area contributed by atoms with Crippen molar-refractivity contribution in [2.24, 2.45) is 0 Å². The average molecular weight is 333 g/mol. The molecule has 5 nitrogen and oxygen atoms in total. The minimum Gasteiger partial charge on any atom is -0.468 e. The van der Waals surface area contributed by atoms with E-state index in [4.69, 9.17) is 16.3 Å². The molecular formula is C17H17ClN2O3. The lowest BCUT2D eigenvalue weighted by Gasteiger charge is -2.15. The largest absolute Gasteiger partial charge is 0.468 e. The Bertz CT molecular complexity index is 659. The van der Waals surface area contributed by atoms with Crippen molar-refractivity contribution in [2.75, 3.05) is 13.7 Å². The van der Waals surface area contributed by atoms with Gasteiger partial charge in [0, 0.05) is 18.4 Å². The van der Waals surface area contributed by atoms with Crippen LogP contribution in [0.4, 0.5) is 0 Å². The molecule has 1 amide bonds. The summed E-state index contributed by atoms with van der Waals surface area (Å²) in [6.07, 6.45) is 1.62. The van der Waals surface area contributed by atoms with E-state index in [0.29, 0.717) is 10.7 Å². The smallest absolute Gasteiger partial charge is 0.314 e. The number of benzene rings is 1. The van der Waals surface area contributed by atoms with E-state index in [9.17, 15) is 9.59 Å². The van der Waals surface area contributed by atoms with Gasteiger partial charge in [-0.15, -0.1) is 0 Å². The molecule has 0 aliphatic heterocycles. The predicted molar refractivity (Wildman–Crippen MR) is 87.2 cm³/mol. The maximum atomic E-state index is 12.0. The maximum absolute atomic E-state index is 12.0. The molecule has 1 aromatic heterocycles. The molecule has 1 heterocycles. The highest BCUT2D eigenvalue weighted by Gasteiger charge is 2.22. The number of amides is 1. The second-order valence-electron chi connectivity index (χ2n) is 4.94. The van der Waals surface area contributed by atoms with E-state index >= 15 is 0 Å². The first kappa shape index (κ1) is 17.0. The van der Waals surface area contributed by atoms with Crippen LogP contribution in [0.25, 0.3) is 0 Å². The Kier molecular flexibility index (Phi) is 6.11. The van der Waals surface area contributed by atoms with Crippen LogP contribution in [0.15, 0.2) is 48.7 Å². The number of carbonyl (C=O) groups is 2. The lowest BCUT2D eigenvalue weighted by atomic mass is 9.99. The van der Waals surface area contributed by atoms with E-state index in [1.807, 2.05) is 30.3 Å². The summed E-state index contributed by atoms with van der Waals surface area (Å²) in [5.41, 5.74) is 1.41. The van der Waals surface area contributed by atoms with Crippen molar-refractivity contribution in [1.29, 1.82) is 0 Å². The van der Waals surface area contributed by atoms with Crippen LogP contribution in [0.2, 0.25) is 5.02 Å². The number of carbonyl (C=O) groups excluding carboxylic acids is 2. The zero-order valence-corrected chi connectivity index (χ0v) is 13.4. The third-order valence-electron chi connectivity index (χ3n) is 3.32. The van der Waals surface area contributed by atoms with Crippen molar-refractivity contribution in [2.45, 2.75) is 12.3 Å². The van der Waals surface area contributed by atoms with Gasteiger partial charge in [-0.25, -0.2) is 0 Å². The molecule has 0 aliphatic carbocycles. The monoisotopic (exact) mass is 332 g/mol. The standard InChI is InChI=1S/C17H17ClN2O3/c1-23-17(22)15(12-5-3-2-4-6-12)11-20-16(21)9-14-8-7-13(18)10-19-14/h2-8,10,15H,9,11H2,1H3,(H,20,21)/t15-/m0/s1. The highest BCUT2D eigenvalue weighted by molar-refractivity contribution is 6.30. The number of hydrogen-bond donors (Lipinski definition) is 1. The van der Waals surface area contributed by atoms with Gasteiger partial charge in [-0.1, -0.05) is 41.9 Å². The minimum absolute atomic E-state index is 0.125. The van der Waals surface area contributed by atoms with Crippen LogP contribution in [0.3, 0.4) is 0 Å². The van der Waals surface area contributed by atoms with E-state index in [1.165, 1.54) is 13.3 Å². The summed E-state index contributed by atoms with van der Waals surface area (Å²) < 4.78 is 4.81. The molecule has 1 aromatic carbocycles. The summed E-state index contributed by atoms with van der Waals surface area (Å²) >= 11 is 5.76. The van der Waals surface area contributed by atoms with Gasteiger partial charge in [0.25, 0.3) is 0 Å². The van der Waals surface area contributed by atoms with Crippen LogP contribution in [-0.2, 0) is 20.7 Å². The SMILES string of the molecule is COC(=O)[C@@H](CNC(=O)Cc1ccc(Cl)cn1)c1ccccc1. The quantitative estimate of drug-likeness (QED) is 0.824. The van der Waals surface area contributed by atoms with Crippen molar-refractivity contribution < 1.29 is 14.3 Å². The Morgan fingerprint density at radius 1 is 1.22 bits per heavy atom. The number of rotatable bonds is 6. The molecule has 0 aliphatic rings. The molecule has 1 N–H and O–H groups in total. The number of nitrogens with zero attached hydrogens (tertiary/aromatic N) is 1. The zero-order chi connectivity index (χ0) is 16.7. The van der Waals surface area contributed by atoms with Gasteiger partial charge in [-0.3, -0.25) is 14.6 Å². The molecule has 2 rings (SSSR count). The van der Waals surface area contributed by atoms with Crippen LogP contribution in [-0.4, -0.2) is 30.5 Å².